The van der Waals surface area contributed by atoms with Crippen molar-refractivity contribution < 1.29 is 18.3 Å². The van der Waals surface area contributed by atoms with Gasteiger partial charge in [0.1, 0.15) is 5.82 Å². The predicted octanol–water partition coefficient (Wildman–Crippen LogP) is 3.60. The second-order valence-corrected chi connectivity index (χ2v) is 15.1. The molecule has 2 aliphatic heterocycles. The van der Waals surface area contributed by atoms with Crippen molar-refractivity contribution in [3.8, 4) is 0 Å². The van der Waals surface area contributed by atoms with Crippen LogP contribution in [-0.2, 0) is 20.0 Å². The number of nitrogens with one attached hydrogen (secondary N) is 2. The Hall–Kier alpha value is -2.56. The molecule has 39 heavy (non-hydrogen) atoms. The minimum absolute atomic E-state index is 0.0808. The normalized spacial score (nSPS) is 29.3. The molecule has 3 heterocycles. The number of nitrogens with zero attached hydrogens (tertiary/aromatic N) is 3. The Morgan fingerprint density at radius 2 is 1.77 bits per heavy atom. The van der Waals surface area contributed by atoms with Crippen LogP contribution in [0.2, 0.25) is 0 Å². The van der Waals surface area contributed by atoms with Gasteiger partial charge in [0.2, 0.25) is 11.9 Å². The highest BCUT2D eigenvalue weighted by molar-refractivity contribution is 7.92. The van der Waals surface area contributed by atoms with E-state index in [1.54, 1.807) is 30.5 Å². The number of amides is 1. The molecule has 7 rings (SSSR count). The maximum Gasteiger partial charge on any atom is 0.239 e. The van der Waals surface area contributed by atoms with Gasteiger partial charge in [-0.15, -0.1) is 0 Å². The fourth-order valence-electron chi connectivity index (χ4n) is 7.53. The van der Waals surface area contributed by atoms with Gasteiger partial charge in [-0.1, -0.05) is 0 Å². The van der Waals surface area contributed by atoms with Crippen molar-refractivity contribution in [1.82, 2.24) is 15.3 Å². The van der Waals surface area contributed by atoms with E-state index in [0.29, 0.717) is 28.8 Å². The highest BCUT2D eigenvalue weighted by Gasteiger charge is 2.61. The second kappa shape index (κ2) is 8.72. The quantitative estimate of drug-likeness (QED) is 0.515. The van der Waals surface area contributed by atoms with Crippen LogP contribution in [0.25, 0.3) is 0 Å². The van der Waals surface area contributed by atoms with Crippen LogP contribution >= 0.6 is 0 Å². The van der Waals surface area contributed by atoms with Crippen molar-refractivity contribution in [2.45, 2.75) is 98.3 Å². The number of piperidine rings is 1. The molecule has 3 N–H and O–H groups in total. The van der Waals surface area contributed by atoms with Gasteiger partial charge in [0.05, 0.1) is 21.2 Å². The zero-order valence-corrected chi connectivity index (χ0v) is 23.3. The molecule has 10 heteroatoms. The summed E-state index contributed by atoms with van der Waals surface area (Å²) in [5.41, 5.74) is 0.497. The molecule has 2 atom stereocenters. The topological polar surface area (TPSA) is 125 Å². The number of sulfone groups is 1. The van der Waals surface area contributed by atoms with Gasteiger partial charge in [0, 0.05) is 23.5 Å². The minimum atomic E-state index is -3.36. The van der Waals surface area contributed by atoms with Crippen molar-refractivity contribution in [1.29, 1.82) is 0 Å². The summed E-state index contributed by atoms with van der Waals surface area (Å²) in [6.07, 6.45) is 10.0. The molecule has 5 aliphatic rings. The number of aliphatic hydroxyl groups is 1. The first-order valence-corrected chi connectivity index (χ1v) is 15.9. The van der Waals surface area contributed by atoms with Crippen LogP contribution in [0.4, 0.5) is 17.5 Å². The first-order chi connectivity index (χ1) is 18.6. The zero-order chi connectivity index (χ0) is 27.0. The van der Waals surface area contributed by atoms with Crippen molar-refractivity contribution in [3.05, 3.63) is 36.0 Å². The van der Waals surface area contributed by atoms with Gasteiger partial charge in [0.15, 0.2) is 9.84 Å². The molecule has 2 aromatic rings. The maximum absolute atomic E-state index is 13.5. The number of aromatic nitrogens is 2. The standard InChI is InChI=1S/C29H37N5O4S/c1-27(36)8-2-3-20(15-27)34-24-23(29(9-10-29)25(34)35)18-31-26(33-24)32-19-4-6-21(7-5-19)39(37,38)22-16-28(17-22)11-13-30-14-12-28/h4-7,18,20,22,30,36H,2-3,8-17H2,1H3,(H,31,32,33)/t20?,27-/m1/s1. The molecule has 1 aromatic carbocycles. The summed E-state index contributed by atoms with van der Waals surface area (Å²) >= 11 is 0. The van der Waals surface area contributed by atoms with E-state index in [4.69, 9.17) is 4.98 Å². The van der Waals surface area contributed by atoms with Crippen LogP contribution in [0.5, 0.6) is 0 Å². The lowest BCUT2D eigenvalue weighted by molar-refractivity contribution is -0.121. The van der Waals surface area contributed by atoms with Crippen LogP contribution in [0.3, 0.4) is 0 Å². The molecule has 1 aromatic heterocycles. The number of hydrogen-bond acceptors (Lipinski definition) is 8. The molecule has 0 bridgehead atoms. The molecular formula is C29H37N5O4S. The number of carbonyl (C=O) groups excluding carboxylic acids is 1. The van der Waals surface area contributed by atoms with Gasteiger partial charge < -0.3 is 15.7 Å². The zero-order valence-electron chi connectivity index (χ0n) is 22.4. The minimum Gasteiger partial charge on any atom is -0.390 e. The third kappa shape index (κ3) is 4.17. The van der Waals surface area contributed by atoms with E-state index in [1.807, 2.05) is 11.8 Å². The maximum atomic E-state index is 13.5. The molecule has 9 nitrogen and oxygen atoms in total. The van der Waals surface area contributed by atoms with Crippen molar-refractivity contribution in [3.63, 3.8) is 0 Å². The van der Waals surface area contributed by atoms with Gasteiger partial charge in [-0.05, 0) is 114 Å². The number of benzene rings is 1. The summed E-state index contributed by atoms with van der Waals surface area (Å²) in [6.45, 7) is 3.80. The first kappa shape index (κ1) is 25.4. The molecule has 1 unspecified atom stereocenters. The van der Waals surface area contributed by atoms with Crippen LogP contribution < -0.4 is 15.5 Å². The Morgan fingerprint density at radius 3 is 2.44 bits per heavy atom. The molecular weight excluding hydrogens is 514 g/mol. The fourth-order valence-corrected chi connectivity index (χ4v) is 9.58. The van der Waals surface area contributed by atoms with Crippen molar-refractivity contribution >= 4 is 33.2 Å². The Labute approximate surface area is 229 Å². The smallest absolute Gasteiger partial charge is 0.239 e. The van der Waals surface area contributed by atoms with Crippen LogP contribution in [0, 0.1) is 5.41 Å². The number of hydrogen-bond donors (Lipinski definition) is 3. The van der Waals surface area contributed by atoms with Gasteiger partial charge in [-0.3, -0.25) is 9.69 Å². The number of anilines is 3. The molecule has 1 saturated heterocycles. The second-order valence-electron chi connectivity index (χ2n) is 12.9. The summed E-state index contributed by atoms with van der Waals surface area (Å²) < 4.78 is 26.5. The number of rotatable bonds is 5. The Morgan fingerprint density at radius 1 is 1.05 bits per heavy atom. The molecule has 2 spiro atoms. The molecule has 3 aliphatic carbocycles. The van der Waals surface area contributed by atoms with E-state index in [1.165, 1.54) is 0 Å². The Bertz CT molecular complexity index is 1410. The fraction of sp³-hybridized carbons (Fsp3) is 0.621. The average Bonchev–Trinajstić information content (AvgIpc) is 3.65. The monoisotopic (exact) mass is 551 g/mol. The SMILES string of the molecule is C[C@@]1(O)CCCC(N2C(=O)C3(CC3)c3cnc(Nc4ccc(S(=O)(=O)C5CC6(CCNCC6)C5)cc4)nc32)C1. The Kier molecular flexibility index (Phi) is 5.68. The van der Waals surface area contributed by atoms with Crippen molar-refractivity contribution in [2.75, 3.05) is 23.3 Å². The van der Waals surface area contributed by atoms with Crippen LogP contribution in [0.15, 0.2) is 35.4 Å². The van der Waals surface area contributed by atoms with E-state index < -0.39 is 20.9 Å². The number of carbonyl (C=O) groups is 1. The van der Waals surface area contributed by atoms with Gasteiger partial charge in [-0.2, -0.15) is 4.98 Å². The summed E-state index contributed by atoms with van der Waals surface area (Å²) in [4.78, 5) is 25.0. The van der Waals surface area contributed by atoms with Crippen molar-refractivity contribution in [2.24, 2.45) is 5.41 Å². The predicted molar refractivity (Wildman–Crippen MR) is 148 cm³/mol. The average molecular weight is 552 g/mol. The summed E-state index contributed by atoms with van der Waals surface area (Å²) in [6, 6.07) is 6.76. The summed E-state index contributed by atoms with van der Waals surface area (Å²) in [5.74, 6) is 1.10. The third-order valence-electron chi connectivity index (χ3n) is 10.0. The third-order valence-corrected chi connectivity index (χ3v) is 12.2. The highest BCUT2D eigenvalue weighted by Crippen LogP contribution is 2.58. The molecule has 1 amide bonds. The largest absolute Gasteiger partial charge is 0.390 e. The van der Waals surface area contributed by atoms with E-state index in [-0.39, 0.29) is 22.6 Å². The van der Waals surface area contributed by atoms with E-state index >= 15 is 0 Å². The van der Waals surface area contributed by atoms with Gasteiger partial charge in [-0.25, -0.2) is 13.4 Å². The molecule has 0 radical (unpaired) electrons. The molecule has 4 fully saturated rings. The molecule has 3 saturated carbocycles. The lowest BCUT2D eigenvalue weighted by Gasteiger charge is -2.49. The lowest BCUT2D eigenvalue weighted by atomic mass is 9.63. The number of fused-ring (bicyclic) bond motifs is 2. The van der Waals surface area contributed by atoms with Gasteiger partial charge in [0.25, 0.3) is 0 Å². The first-order valence-electron chi connectivity index (χ1n) is 14.4. The summed E-state index contributed by atoms with van der Waals surface area (Å²) in [5, 5.41) is 17.0. The summed E-state index contributed by atoms with van der Waals surface area (Å²) in [7, 11) is -3.36. The van der Waals surface area contributed by atoms with Crippen LogP contribution in [-0.4, -0.2) is 59.4 Å². The highest BCUT2D eigenvalue weighted by atomic mass is 32.2. The molecule has 208 valence electrons. The van der Waals surface area contributed by atoms with E-state index in [9.17, 15) is 18.3 Å². The Balaban J connectivity index is 1.09. The van der Waals surface area contributed by atoms with E-state index in [2.05, 4.69) is 15.6 Å². The van der Waals surface area contributed by atoms with Crippen LogP contribution in [0.1, 0.15) is 76.7 Å². The lowest BCUT2D eigenvalue weighted by Crippen LogP contribution is -2.50. The van der Waals surface area contributed by atoms with Gasteiger partial charge >= 0.3 is 0 Å². The van der Waals surface area contributed by atoms with E-state index in [0.717, 1.165) is 76.4 Å².